The van der Waals surface area contributed by atoms with Crippen LogP contribution < -0.4 is 0 Å². The Morgan fingerprint density at radius 3 is 2.50 bits per heavy atom. The Morgan fingerprint density at radius 1 is 1.57 bits per heavy atom. The number of alkyl halides is 3. The van der Waals surface area contributed by atoms with Gasteiger partial charge in [0.05, 0.1) is 26.1 Å². The van der Waals surface area contributed by atoms with Crippen LogP contribution in [0.5, 0.6) is 0 Å². The number of allylic oxidation sites excluding steroid dienone is 1. The number of hydrogen-bond acceptors (Lipinski definition) is 3. The van der Waals surface area contributed by atoms with E-state index in [1.807, 2.05) is 0 Å². The van der Waals surface area contributed by atoms with Crippen LogP contribution in [0, 0.1) is 5.92 Å². The first-order valence-electron chi connectivity index (χ1n) is 3.83. The molecule has 0 spiro atoms. The summed E-state index contributed by atoms with van der Waals surface area (Å²) in [5.74, 6) is -2.84. The van der Waals surface area contributed by atoms with E-state index in [9.17, 15) is 18.0 Å². The molecule has 0 saturated heterocycles. The number of aliphatic hydroxyl groups is 1. The Hall–Kier alpha value is -1.04. The number of methoxy groups -OCH3 is 1. The van der Waals surface area contributed by atoms with Gasteiger partial charge in [0, 0.05) is 0 Å². The molecule has 1 atom stereocenters. The maximum Gasteiger partial charge on any atom is 0.395 e. The highest BCUT2D eigenvalue weighted by molar-refractivity contribution is 5.69. The summed E-state index contributed by atoms with van der Waals surface area (Å²) in [6.45, 7) is -0.492. The summed E-state index contributed by atoms with van der Waals surface area (Å²) in [6, 6.07) is 0. The molecule has 1 unspecified atom stereocenters. The first-order chi connectivity index (χ1) is 6.41. The Morgan fingerprint density at radius 2 is 2.14 bits per heavy atom. The number of carbonyl (C=O) groups excluding carboxylic acids is 1. The lowest BCUT2D eigenvalue weighted by Gasteiger charge is -2.15. The van der Waals surface area contributed by atoms with Crippen molar-refractivity contribution in [3.63, 3.8) is 0 Å². The summed E-state index contributed by atoms with van der Waals surface area (Å²) < 4.78 is 40.7. The molecule has 0 aliphatic heterocycles. The maximum atomic E-state index is 12.2. The van der Waals surface area contributed by atoms with Gasteiger partial charge >= 0.3 is 12.1 Å². The predicted molar refractivity (Wildman–Crippen MR) is 42.4 cm³/mol. The zero-order chi connectivity index (χ0) is 11.2. The number of carbonyl (C=O) groups is 1. The highest BCUT2D eigenvalue weighted by atomic mass is 19.4. The molecule has 0 rings (SSSR count). The average Bonchev–Trinajstić information content (AvgIpc) is 2.09. The molecule has 0 aromatic carbocycles. The average molecular weight is 212 g/mol. The van der Waals surface area contributed by atoms with Crippen molar-refractivity contribution in [2.75, 3.05) is 13.7 Å². The lowest BCUT2D eigenvalue weighted by Crippen LogP contribution is -2.24. The van der Waals surface area contributed by atoms with Crippen LogP contribution in [0.15, 0.2) is 12.2 Å². The second-order valence-corrected chi connectivity index (χ2v) is 2.54. The molecule has 3 nitrogen and oxygen atoms in total. The lowest BCUT2D eigenvalue weighted by molar-refractivity contribution is -0.172. The van der Waals surface area contributed by atoms with Crippen molar-refractivity contribution in [2.24, 2.45) is 5.92 Å². The third-order valence-corrected chi connectivity index (χ3v) is 1.51. The normalized spacial score (nSPS) is 14.4. The fourth-order valence-electron chi connectivity index (χ4n) is 0.781. The minimum Gasteiger partial charge on any atom is -0.469 e. The monoisotopic (exact) mass is 212 g/mol. The topological polar surface area (TPSA) is 46.5 Å². The fourth-order valence-corrected chi connectivity index (χ4v) is 0.781. The van der Waals surface area contributed by atoms with Gasteiger partial charge in [0.2, 0.25) is 0 Å². The van der Waals surface area contributed by atoms with Gasteiger partial charge in [-0.05, 0) is 0 Å². The molecule has 6 heteroatoms. The van der Waals surface area contributed by atoms with Gasteiger partial charge in [0.1, 0.15) is 0 Å². The van der Waals surface area contributed by atoms with Crippen LogP contribution >= 0.6 is 0 Å². The van der Waals surface area contributed by atoms with E-state index in [0.717, 1.165) is 19.3 Å². The molecule has 0 radical (unpaired) electrons. The quantitative estimate of drug-likeness (QED) is 0.564. The second-order valence-electron chi connectivity index (χ2n) is 2.54. The van der Waals surface area contributed by atoms with E-state index in [1.54, 1.807) is 0 Å². The molecular formula is C8H11F3O3. The third-order valence-electron chi connectivity index (χ3n) is 1.51. The highest BCUT2D eigenvalue weighted by Gasteiger charge is 2.39. The molecule has 0 fully saturated rings. The number of ether oxygens (including phenoxy) is 1. The first-order valence-corrected chi connectivity index (χ1v) is 3.83. The van der Waals surface area contributed by atoms with Crippen molar-refractivity contribution in [1.29, 1.82) is 0 Å². The molecule has 82 valence electrons. The molecule has 0 aromatic rings. The molecule has 1 N–H and O–H groups in total. The van der Waals surface area contributed by atoms with Crippen LogP contribution in [0.25, 0.3) is 0 Å². The summed E-state index contributed by atoms with van der Waals surface area (Å²) in [5, 5.41) is 8.30. The highest BCUT2D eigenvalue weighted by Crippen LogP contribution is 2.30. The van der Waals surface area contributed by atoms with Crippen molar-refractivity contribution in [2.45, 2.75) is 12.6 Å². The van der Waals surface area contributed by atoms with Gasteiger partial charge in [-0.25, -0.2) is 0 Å². The lowest BCUT2D eigenvalue weighted by atomic mass is 10.0. The number of rotatable bonds is 4. The largest absolute Gasteiger partial charge is 0.469 e. The van der Waals surface area contributed by atoms with Crippen molar-refractivity contribution < 1.29 is 27.8 Å². The van der Waals surface area contributed by atoms with Crippen molar-refractivity contribution in [1.82, 2.24) is 0 Å². The molecule has 0 aliphatic rings. The summed E-state index contributed by atoms with van der Waals surface area (Å²) in [6.07, 6.45) is -3.58. The fraction of sp³-hybridized carbons (Fsp3) is 0.625. The Kier molecular flexibility index (Phi) is 5.22. The van der Waals surface area contributed by atoms with Gasteiger partial charge in [0.25, 0.3) is 0 Å². The first kappa shape index (κ1) is 13.0. The number of halogens is 3. The third kappa shape index (κ3) is 4.86. The number of esters is 1. The van der Waals surface area contributed by atoms with E-state index in [1.165, 1.54) is 0 Å². The Bertz CT molecular complexity index is 210. The summed E-state index contributed by atoms with van der Waals surface area (Å²) in [4.78, 5) is 10.6. The van der Waals surface area contributed by atoms with Crippen LogP contribution in [0.3, 0.4) is 0 Å². The molecule has 0 aliphatic carbocycles. The van der Waals surface area contributed by atoms with E-state index in [0.29, 0.717) is 0 Å². The smallest absolute Gasteiger partial charge is 0.395 e. The minimum absolute atomic E-state index is 0.492. The Balaban J connectivity index is 4.41. The predicted octanol–water partition coefficient (Wildman–Crippen LogP) is 1.28. The van der Waals surface area contributed by atoms with Gasteiger partial charge in [-0.1, -0.05) is 12.2 Å². The zero-order valence-electron chi connectivity index (χ0n) is 7.54. The number of hydrogen-bond donors (Lipinski definition) is 1. The minimum atomic E-state index is -4.50. The summed E-state index contributed by atoms with van der Waals surface area (Å²) in [7, 11) is 1.02. The van der Waals surface area contributed by atoms with Crippen molar-refractivity contribution in [3.05, 3.63) is 12.2 Å². The molecule has 0 heterocycles. The molecule has 0 saturated carbocycles. The SMILES string of the molecule is COC(=O)CC(/C=C/CO)C(F)(F)F. The van der Waals surface area contributed by atoms with Crippen LogP contribution in [0.1, 0.15) is 6.42 Å². The van der Waals surface area contributed by atoms with E-state index < -0.39 is 31.1 Å². The van der Waals surface area contributed by atoms with Crippen LogP contribution in [0.2, 0.25) is 0 Å². The maximum absolute atomic E-state index is 12.2. The Labute approximate surface area is 79.2 Å². The van der Waals surface area contributed by atoms with Gasteiger partial charge in [0.15, 0.2) is 0 Å². The second kappa shape index (κ2) is 5.64. The van der Waals surface area contributed by atoms with E-state index in [2.05, 4.69) is 4.74 Å². The van der Waals surface area contributed by atoms with E-state index in [4.69, 9.17) is 5.11 Å². The number of aliphatic hydroxyl groups excluding tert-OH is 1. The summed E-state index contributed by atoms with van der Waals surface area (Å²) >= 11 is 0. The van der Waals surface area contributed by atoms with Gasteiger partial charge < -0.3 is 9.84 Å². The molecule has 0 bridgehead atoms. The van der Waals surface area contributed by atoms with Crippen LogP contribution in [0.4, 0.5) is 13.2 Å². The van der Waals surface area contributed by atoms with Gasteiger partial charge in [-0.15, -0.1) is 0 Å². The molecule has 0 amide bonds. The van der Waals surface area contributed by atoms with Gasteiger partial charge in [-0.3, -0.25) is 4.79 Å². The standard InChI is InChI=1S/C8H11F3O3/c1-14-7(13)5-6(3-2-4-12)8(9,10)11/h2-3,6,12H,4-5H2,1H3/b3-2+. The van der Waals surface area contributed by atoms with Crippen molar-refractivity contribution in [3.8, 4) is 0 Å². The molecule has 0 aromatic heterocycles. The molecule has 14 heavy (non-hydrogen) atoms. The van der Waals surface area contributed by atoms with Crippen LogP contribution in [-0.4, -0.2) is 31.0 Å². The zero-order valence-corrected chi connectivity index (χ0v) is 7.54. The summed E-state index contributed by atoms with van der Waals surface area (Å²) in [5.41, 5.74) is 0. The van der Waals surface area contributed by atoms with Gasteiger partial charge in [-0.2, -0.15) is 13.2 Å². The van der Waals surface area contributed by atoms with E-state index >= 15 is 0 Å². The van der Waals surface area contributed by atoms with Crippen LogP contribution in [-0.2, 0) is 9.53 Å². The molecular weight excluding hydrogens is 201 g/mol. The van der Waals surface area contributed by atoms with Crippen molar-refractivity contribution >= 4 is 5.97 Å². The van der Waals surface area contributed by atoms with E-state index in [-0.39, 0.29) is 0 Å².